The average molecular weight is 330 g/mol. The molecule has 2 heterocycles. The minimum Gasteiger partial charge on any atom is -0.383 e. The Hall–Kier alpha value is -0.500. The van der Waals surface area contributed by atoms with Gasteiger partial charge in [-0.05, 0) is 32.1 Å². The zero-order valence-corrected chi connectivity index (χ0v) is 14.0. The molecular formula is C14H22N2O3S2. The predicted molar refractivity (Wildman–Crippen MR) is 83.6 cm³/mol. The van der Waals surface area contributed by atoms with Gasteiger partial charge in [0.05, 0.1) is 29.3 Å². The number of ether oxygens (including phenoxy) is 1. The van der Waals surface area contributed by atoms with Crippen molar-refractivity contribution in [2.75, 3.05) is 31.8 Å². The van der Waals surface area contributed by atoms with Crippen molar-refractivity contribution in [2.45, 2.75) is 37.6 Å². The van der Waals surface area contributed by atoms with E-state index in [0.29, 0.717) is 25.3 Å². The highest BCUT2D eigenvalue weighted by Crippen LogP contribution is 2.38. The summed E-state index contributed by atoms with van der Waals surface area (Å²) in [7, 11) is -1.35. The van der Waals surface area contributed by atoms with Crippen LogP contribution in [0, 0.1) is 0 Å². The van der Waals surface area contributed by atoms with Crippen LogP contribution in [-0.2, 0) is 33.0 Å². The van der Waals surface area contributed by atoms with Crippen LogP contribution in [-0.4, -0.2) is 45.2 Å². The Balaban J connectivity index is 1.90. The number of thiazole rings is 1. The number of rotatable bonds is 5. The van der Waals surface area contributed by atoms with Gasteiger partial charge in [0.1, 0.15) is 5.01 Å². The van der Waals surface area contributed by atoms with Crippen molar-refractivity contribution in [3.63, 3.8) is 0 Å². The summed E-state index contributed by atoms with van der Waals surface area (Å²) in [5.41, 5.74) is 0.677. The molecular weight excluding hydrogens is 308 g/mol. The fourth-order valence-electron chi connectivity index (χ4n) is 3.28. The van der Waals surface area contributed by atoms with Gasteiger partial charge in [0.25, 0.3) is 0 Å². The molecule has 1 atom stereocenters. The molecule has 118 valence electrons. The highest BCUT2D eigenvalue weighted by atomic mass is 32.2. The number of hydrogen-bond donors (Lipinski definition) is 1. The molecule has 7 heteroatoms. The molecule has 1 saturated heterocycles. The van der Waals surface area contributed by atoms with E-state index in [2.05, 4.69) is 5.32 Å². The molecule has 0 bridgehead atoms. The van der Waals surface area contributed by atoms with Crippen LogP contribution in [0.2, 0.25) is 0 Å². The lowest BCUT2D eigenvalue weighted by molar-refractivity contribution is 0.183. The maximum Gasteiger partial charge on any atom is 0.152 e. The number of aryl methyl sites for hydroxylation is 2. The van der Waals surface area contributed by atoms with Crippen LogP contribution in [0.25, 0.3) is 0 Å². The van der Waals surface area contributed by atoms with Gasteiger partial charge >= 0.3 is 0 Å². The van der Waals surface area contributed by atoms with E-state index in [1.807, 2.05) is 0 Å². The molecule has 5 nitrogen and oxygen atoms in total. The van der Waals surface area contributed by atoms with Gasteiger partial charge in [-0.3, -0.25) is 0 Å². The van der Waals surface area contributed by atoms with Gasteiger partial charge in [-0.25, -0.2) is 13.4 Å². The van der Waals surface area contributed by atoms with E-state index in [4.69, 9.17) is 9.72 Å². The van der Waals surface area contributed by atoms with Gasteiger partial charge in [0.2, 0.25) is 0 Å². The van der Waals surface area contributed by atoms with E-state index in [1.54, 1.807) is 18.4 Å². The monoisotopic (exact) mass is 330 g/mol. The Labute approximate surface area is 130 Å². The topological polar surface area (TPSA) is 68.3 Å². The Kier molecular flexibility index (Phi) is 4.36. The number of sulfone groups is 1. The summed E-state index contributed by atoms with van der Waals surface area (Å²) >= 11 is 1.71. The lowest BCUT2D eigenvalue weighted by Crippen LogP contribution is -2.51. The number of nitrogens with one attached hydrogen (secondary N) is 1. The molecule has 1 unspecified atom stereocenters. The molecule has 0 aromatic carbocycles. The summed E-state index contributed by atoms with van der Waals surface area (Å²) in [5, 5.41) is 4.40. The van der Waals surface area contributed by atoms with Crippen LogP contribution < -0.4 is 5.32 Å². The molecule has 1 aromatic rings. The normalized spacial score (nSPS) is 27.7. The Bertz CT molecular complexity index is 590. The molecule has 1 fully saturated rings. The summed E-state index contributed by atoms with van der Waals surface area (Å²) in [6.45, 7) is 1.23. The van der Waals surface area contributed by atoms with Crippen molar-refractivity contribution in [2.24, 2.45) is 0 Å². The quantitative estimate of drug-likeness (QED) is 0.824. The molecule has 0 spiro atoms. The SMILES string of the molecule is COCCNC1(c2nc3c(s2)CCC3)CCCS(=O)(=O)C1. The molecule has 2 aliphatic rings. The number of aromatic nitrogens is 1. The van der Waals surface area contributed by atoms with Gasteiger partial charge < -0.3 is 10.1 Å². The maximum atomic E-state index is 12.2. The fraction of sp³-hybridized carbons (Fsp3) is 0.786. The van der Waals surface area contributed by atoms with E-state index in [1.165, 1.54) is 17.0 Å². The van der Waals surface area contributed by atoms with Crippen LogP contribution >= 0.6 is 11.3 Å². The molecule has 21 heavy (non-hydrogen) atoms. The second kappa shape index (κ2) is 5.95. The molecule has 0 saturated carbocycles. The molecule has 0 radical (unpaired) electrons. The predicted octanol–water partition coefficient (Wildman–Crippen LogP) is 1.27. The first-order chi connectivity index (χ1) is 10.0. The smallest absolute Gasteiger partial charge is 0.152 e. The first kappa shape index (κ1) is 15.4. The van der Waals surface area contributed by atoms with Crippen LogP contribution in [0.1, 0.15) is 34.8 Å². The van der Waals surface area contributed by atoms with Crippen LogP contribution in [0.15, 0.2) is 0 Å². The number of hydrogen-bond acceptors (Lipinski definition) is 6. The van der Waals surface area contributed by atoms with E-state index < -0.39 is 15.4 Å². The van der Waals surface area contributed by atoms with Crippen molar-refractivity contribution in [1.29, 1.82) is 0 Å². The van der Waals surface area contributed by atoms with Crippen molar-refractivity contribution in [3.8, 4) is 0 Å². The Morgan fingerprint density at radius 2 is 2.24 bits per heavy atom. The van der Waals surface area contributed by atoms with Crippen LogP contribution in [0.3, 0.4) is 0 Å². The third-order valence-electron chi connectivity index (χ3n) is 4.30. The fourth-order valence-corrected chi connectivity index (χ4v) is 6.58. The minimum atomic E-state index is -3.00. The largest absolute Gasteiger partial charge is 0.383 e. The molecule has 3 rings (SSSR count). The third-order valence-corrected chi connectivity index (χ3v) is 7.50. The van der Waals surface area contributed by atoms with Gasteiger partial charge in [0.15, 0.2) is 9.84 Å². The summed E-state index contributed by atoms with van der Waals surface area (Å²) in [6.07, 6.45) is 4.84. The lowest BCUT2D eigenvalue weighted by atomic mass is 9.96. The first-order valence-electron chi connectivity index (χ1n) is 7.48. The van der Waals surface area contributed by atoms with E-state index in [0.717, 1.165) is 24.3 Å². The summed E-state index contributed by atoms with van der Waals surface area (Å²) < 4.78 is 29.4. The molecule has 1 aliphatic carbocycles. The van der Waals surface area contributed by atoms with E-state index >= 15 is 0 Å². The van der Waals surface area contributed by atoms with Crippen LogP contribution in [0.5, 0.6) is 0 Å². The zero-order chi connectivity index (χ0) is 14.9. The van der Waals surface area contributed by atoms with Crippen molar-refractivity contribution in [1.82, 2.24) is 10.3 Å². The summed E-state index contributed by atoms with van der Waals surface area (Å²) in [5.74, 6) is 0.460. The highest BCUT2D eigenvalue weighted by Gasteiger charge is 2.43. The van der Waals surface area contributed by atoms with Crippen molar-refractivity contribution < 1.29 is 13.2 Å². The van der Waals surface area contributed by atoms with Crippen molar-refractivity contribution in [3.05, 3.63) is 15.6 Å². The number of nitrogens with zero attached hydrogens (tertiary/aromatic N) is 1. The maximum absolute atomic E-state index is 12.2. The highest BCUT2D eigenvalue weighted by molar-refractivity contribution is 7.91. The minimum absolute atomic E-state index is 0.163. The zero-order valence-electron chi connectivity index (χ0n) is 12.4. The summed E-state index contributed by atoms with van der Waals surface area (Å²) in [4.78, 5) is 6.13. The molecule has 1 aromatic heterocycles. The summed E-state index contributed by atoms with van der Waals surface area (Å²) in [6, 6.07) is 0. The molecule has 1 aliphatic heterocycles. The van der Waals surface area contributed by atoms with Gasteiger partial charge in [-0.2, -0.15) is 0 Å². The Morgan fingerprint density at radius 3 is 2.95 bits per heavy atom. The van der Waals surface area contributed by atoms with Gasteiger partial charge in [-0.1, -0.05) is 0 Å². The van der Waals surface area contributed by atoms with E-state index in [-0.39, 0.29) is 5.75 Å². The molecule has 0 amide bonds. The average Bonchev–Trinajstić information content (AvgIpc) is 2.98. The van der Waals surface area contributed by atoms with Gasteiger partial charge in [0, 0.05) is 18.5 Å². The molecule has 1 N–H and O–H groups in total. The second-order valence-electron chi connectivity index (χ2n) is 5.94. The third kappa shape index (κ3) is 3.16. The van der Waals surface area contributed by atoms with Gasteiger partial charge in [-0.15, -0.1) is 11.3 Å². The standard InChI is InChI=1S/C14H22N2O3S2/c1-19-8-7-15-14(6-3-9-21(17,18)10-14)13-16-11-4-2-5-12(11)20-13/h15H,2-10H2,1H3. The van der Waals surface area contributed by atoms with Crippen LogP contribution in [0.4, 0.5) is 0 Å². The van der Waals surface area contributed by atoms with Crippen molar-refractivity contribution >= 4 is 21.2 Å². The number of fused-ring (bicyclic) bond motifs is 1. The second-order valence-corrected chi connectivity index (χ2v) is 9.21. The first-order valence-corrected chi connectivity index (χ1v) is 10.1. The van der Waals surface area contributed by atoms with E-state index in [9.17, 15) is 8.42 Å². The Morgan fingerprint density at radius 1 is 1.38 bits per heavy atom. The lowest BCUT2D eigenvalue weighted by Gasteiger charge is -2.36. The number of methoxy groups -OCH3 is 1.